The van der Waals surface area contributed by atoms with Gasteiger partial charge < -0.3 is 9.84 Å². The average molecular weight is 332 g/mol. The number of phenolic OH excluding ortho intramolecular Hbond substituents is 1. The van der Waals surface area contributed by atoms with Crippen molar-refractivity contribution in [1.82, 2.24) is 0 Å². The van der Waals surface area contributed by atoms with E-state index in [1.165, 1.54) is 24.0 Å². The first-order valence-corrected chi connectivity index (χ1v) is 9.17. The van der Waals surface area contributed by atoms with Gasteiger partial charge in [0.05, 0.1) is 6.10 Å². The maximum Gasteiger partial charge on any atom is 0.127 e. The first-order chi connectivity index (χ1) is 12.1. The first kappa shape index (κ1) is 16.0. The predicted molar refractivity (Wildman–Crippen MR) is 103 cm³/mol. The maximum atomic E-state index is 10.8. The highest BCUT2D eigenvalue weighted by Gasteiger charge is 2.23. The third kappa shape index (κ3) is 2.86. The summed E-state index contributed by atoms with van der Waals surface area (Å²) in [4.78, 5) is 0. The Hall–Kier alpha value is -2.48. The maximum absolute atomic E-state index is 10.8. The van der Waals surface area contributed by atoms with Gasteiger partial charge in [-0.2, -0.15) is 0 Å². The molecule has 0 unspecified atom stereocenters. The van der Waals surface area contributed by atoms with E-state index in [1.807, 2.05) is 32.0 Å². The summed E-state index contributed by atoms with van der Waals surface area (Å²) in [6.07, 6.45) is 4.67. The van der Waals surface area contributed by atoms with Crippen LogP contribution in [0.25, 0.3) is 21.9 Å². The van der Waals surface area contributed by atoms with Gasteiger partial charge in [0.2, 0.25) is 0 Å². The zero-order chi connectivity index (χ0) is 17.4. The zero-order valence-corrected chi connectivity index (χ0v) is 14.9. The van der Waals surface area contributed by atoms with E-state index in [2.05, 4.69) is 24.3 Å². The topological polar surface area (TPSA) is 29.5 Å². The van der Waals surface area contributed by atoms with Crippen molar-refractivity contribution < 1.29 is 9.84 Å². The fraction of sp³-hybridized carbons (Fsp3) is 0.304. The van der Waals surface area contributed by atoms with E-state index in [4.69, 9.17) is 4.74 Å². The number of benzene rings is 3. The molecule has 0 atom stereocenters. The number of ether oxygens (including phenoxy) is 1. The quantitative estimate of drug-likeness (QED) is 0.649. The lowest BCUT2D eigenvalue weighted by Crippen LogP contribution is -2.11. The molecule has 2 heteroatoms. The van der Waals surface area contributed by atoms with E-state index in [1.54, 1.807) is 6.07 Å². The van der Waals surface area contributed by atoms with Crippen LogP contribution in [0.5, 0.6) is 11.5 Å². The molecular formula is C23H24O2. The smallest absolute Gasteiger partial charge is 0.127 e. The van der Waals surface area contributed by atoms with Crippen LogP contribution in [0.4, 0.5) is 0 Å². The molecule has 0 spiro atoms. The van der Waals surface area contributed by atoms with Crippen LogP contribution in [0.1, 0.15) is 37.8 Å². The summed E-state index contributed by atoms with van der Waals surface area (Å²) < 4.78 is 6.16. The van der Waals surface area contributed by atoms with Crippen molar-refractivity contribution in [1.29, 1.82) is 0 Å². The van der Waals surface area contributed by atoms with Crippen molar-refractivity contribution in [3.05, 3.63) is 59.7 Å². The van der Waals surface area contributed by atoms with Gasteiger partial charge in [0, 0.05) is 11.1 Å². The van der Waals surface area contributed by atoms with Crippen molar-refractivity contribution in [3.8, 4) is 22.6 Å². The highest BCUT2D eigenvalue weighted by molar-refractivity contribution is 6.02. The van der Waals surface area contributed by atoms with E-state index in [-0.39, 0.29) is 6.10 Å². The second-order valence-corrected chi connectivity index (χ2v) is 7.13. The average Bonchev–Trinajstić information content (AvgIpc) is 2.62. The summed E-state index contributed by atoms with van der Waals surface area (Å²) in [5.74, 6) is 1.20. The van der Waals surface area contributed by atoms with Crippen molar-refractivity contribution in [2.24, 2.45) is 0 Å². The Kier molecular flexibility index (Phi) is 4.12. The highest BCUT2D eigenvalue weighted by Crippen LogP contribution is 2.45. The lowest BCUT2D eigenvalue weighted by molar-refractivity contribution is 0.243. The summed E-state index contributed by atoms with van der Waals surface area (Å²) in [5, 5.41) is 13.0. The molecule has 128 valence electrons. The van der Waals surface area contributed by atoms with Crippen molar-refractivity contribution in [3.63, 3.8) is 0 Å². The molecule has 0 heterocycles. The second kappa shape index (κ2) is 6.44. The Labute approximate surface area is 149 Å². The Bertz CT molecular complexity index is 925. The molecule has 0 aromatic heterocycles. The normalized spacial score (nSPS) is 13.9. The number of hydrogen-bond donors (Lipinski definition) is 1. The largest absolute Gasteiger partial charge is 0.507 e. The minimum absolute atomic E-state index is 0.0949. The van der Waals surface area contributed by atoms with Gasteiger partial charge in [-0.05, 0) is 73.6 Å². The van der Waals surface area contributed by atoms with Crippen LogP contribution in [0, 0.1) is 0 Å². The number of rotatable bonds is 3. The molecule has 0 amide bonds. The fourth-order valence-corrected chi connectivity index (χ4v) is 3.96. The van der Waals surface area contributed by atoms with E-state index in [9.17, 15) is 5.11 Å². The highest BCUT2D eigenvalue weighted by atomic mass is 16.5. The summed E-state index contributed by atoms with van der Waals surface area (Å²) >= 11 is 0. The lowest BCUT2D eigenvalue weighted by Gasteiger charge is -2.24. The monoisotopic (exact) mass is 332 g/mol. The summed E-state index contributed by atoms with van der Waals surface area (Å²) in [7, 11) is 0. The lowest BCUT2D eigenvalue weighted by atomic mass is 9.83. The number of aryl methyl sites for hydroxylation is 1. The second-order valence-electron chi connectivity index (χ2n) is 7.13. The van der Waals surface area contributed by atoms with Crippen molar-refractivity contribution >= 4 is 10.8 Å². The van der Waals surface area contributed by atoms with Crippen LogP contribution in [-0.4, -0.2) is 11.2 Å². The minimum atomic E-state index is 0.0949. The molecule has 0 saturated carbocycles. The third-order valence-electron chi connectivity index (χ3n) is 5.01. The van der Waals surface area contributed by atoms with Crippen LogP contribution in [0.2, 0.25) is 0 Å². The number of aromatic hydroxyl groups is 1. The van der Waals surface area contributed by atoms with E-state index in [0.717, 1.165) is 40.5 Å². The Morgan fingerprint density at radius 3 is 2.52 bits per heavy atom. The van der Waals surface area contributed by atoms with E-state index in [0.29, 0.717) is 5.75 Å². The van der Waals surface area contributed by atoms with Crippen molar-refractivity contribution in [2.45, 2.75) is 45.6 Å². The molecule has 0 saturated heterocycles. The van der Waals surface area contributed by atoms with Crippen LogP contribution in [0.3, 0.4) is 0 Å². The molecule has 0 bridgehead atoms. The number of phenols is 1. The van der Waals surface area contributed by atoms with Gasteiger partial charge in [-0.3, -0.25) is 0 Å². The molecule has 25 heavy (non-hydrogen) atoms. The molecule has 2 nitrogen and oxygen atoms in total. The predicted octanol–water partition coefficient (Wildman–Crippen LogP) is 5.88. The van der Waals surface area contributed by atoms with Gasteiger partial charge in [-0.15, -0.1) is 0 Å². The van der Waals surface area contributed by atoms with Crippen LogP contribution in [0.15, 0.2) is 48.5 Å². The Balaban J connectivity index is 2.06. The standard InChI is InChI=1S/C23H24O2/c1-15(2)25-21-14-12-17-8-4-6-10-19(17)23(21)22-18-9-5-3-7-16(18)11-13-20(22)24/h3,5,7,9,11-15,24H,4,6,8,10H2,1-2H3. The molecule has 3 aromatic rings. The van der Waals surface area contributed by atoms with Gasteiger partial charge in [0.25, 0.3) is 0 Å². The molecular weight excluding hydrogens is 308 g/mol. The Morgan fingerprint density at radius 1 is 0.880 bits per heavy atom. The molecule has 1 aliphatic rings. The van der Waals surface area contributed by atoms with Gasteiger partial charge in [0.15, 0.2) is 0 Å². The SMILES string of the molecule is CC(C)Oc1ccc2c(c1-c1c(O)ccc3ccccc13)CCCC2. The molecule has 3 aromatic carbocycles. The van der Waals surface area contributed by atoms with E-state index >= 15 is 0 Å². The van der Waals surface area contributed by atoms with Crippen LogP contribution >= 0.6 is 0 Å². The molecule has 0 aliphatic heterocycles. The minimum Gasteiger partial charge on any atom is -0.507 e. The third-order valence-corrected chi connectivity index (χ3v) is 5.01. The molecule has 0 radical (unpaired) electrons. The molecule has 4 rings (SSSR count). The van der Waals surface area contributed by atoms with Gasteiger partial charge in [0.1, 0.15) is 11.5 Å². The summed E-state index contributed by atoms with van der Waals surface area (Å²) in [5.41, 5.74) is 4.73. The summed E-state index contributed by atoms with van der Waals surface area (Å²) in [6, 6.07) is 16.3. The van der Waals surface area contributed by atoms with Gasteiger partial charge >= 0.3 is 0 Å². The zero-order valence-electron chi connectivity index (χ0n) is 14.9. The van der Waals surface area contributed by atoms with Crippen LogP contribution < -0.4 is 4.74 Å². The van der Waals surface area contributed by atoms with Crippen molar-refractivity contribution in [2.75, 3.05) is 0 Å². The fourth-order valence-electron chi connectivity index (χ4n) is 3.96. The van der Waals surface area contributed by atoms with Crippen LogP contribution in [-0.2, 0) is 12.8 Å². The first-order valence-electron chi connectivity index (χ1n) is 9.17. The van der Waals surface area contributed by atoms with E-state index < -0.39 is 0 Å². The molecule has 1 aliphatic carbocycles. The molecule has 1 N–H and O–H groups in total. The summed E-state index contributed by atoms with van der Waals surface area (Å²) in [6.45, 7) is 4.10. The van der Waals surface area contributed by atoms with Gasteiger partial charge in [-0.1, -0.05) is 36.4 Å². The van der Waals surface area contributed by atoms with Gasteiger partial charge in [-0.25, -0.2) is 0 Å². The number of fused-ring (bicyclic) bond motifs is 2. The Morgan fingerprint density at radius 2 is 1.68 bits per heavy atom. The number of hydrogen-bond acceptors (Lipinski definition) is 2. The molecule has 0 fully saturated rings.